The number of nitrogens with zero attached hydrogens (tertiary/aromatic N) is 3. The van der Waals surface area contributed by atoms with E-state index in [0.717, 1.165) is 42.5 Å². The Morgan fingerprint density at radius 1 is 1.32 bits per heavy atom. The van der Waals surface area contributed by atoms with E-state index in [1.807, 2.05) is 30.5 Å². The van der Waals surface area contributed by atoms with E-state index in [1.165, 1.54) is 24.2 Å². The van der Waals surface area contributed by atoms with Crippen LogP contribution in [-0.2, 0) is 16.1 Å². The van der Waals surface area contributed by atoms with E-state index in [2.05, 4.69) is 22.1 Å². The lowest BCUT2D eigenvalue weighted by Gasteiger charge is -2.29. The first-order valence-electron chi connectivity index (χ1n) is 10.9. The Morgan fingerprint density at radius 2 is 2.10 bits per heavy atom. The third-order valence-electron chi connectivity index (χ3n) is 6.16. The molecule has 3 heterocycles. The number of benzene rings is 1. The molecule has 0 saturated carbocycles. The fourth-order valence-electron chi connectivity index (χ4n) is 4.22. The third kappa shape index (κ3) is 5.07. The minimum atomic E-state index is -0.409. The summed E-state index contributed by atoms with van der Waals surface area (Å²) in [4.78, 5) is 34.1. The highest BCUT2D eigenvalue weighted by molar-refractivity contribution is 7.13. The van der Waals surface area contributed by atoms with E-state index in [9.17, 15) is 9.59 Å². The summed E-state index contributed by atoms with van der Waals surface area (Å²) in [5.74, 6) is 0.804. The molecule has 8 heteroatoms. The van der Waals surface area contributed by atoms with Crippen molar-refractivity contribution in [2.45, 2.75) is 39.7 Å². The Bertz CT molecular complexity index is 952. The highest BCUT2D eigenvalue weighted by atomic mass is 32.1. The molecule has 2 aliphatic rings. The summed E-state index contributed by atoms with van der Waals surface area (Å²) in [7, 11) is 1.59. The number of aryl methyl sites for hydroxylation is 1. The Balaban J connectivity index is 1.36. The van der Waals surface area contributed by atoms with Gasteiger partial charge in [-0.2, -0.15) is 0 Å². The number of nitrogens with one attached hydrogen (secondary N) is 1. The van der Waals surface area contributed by atoms with Crippen molar-refractivity contribution in [2.75, 3.05) is 37.0 Å². The first-order chi connectivity index (χ1) is 14.9. The molecule has 0 aliphatic carbocycles. The lowest BCUT2D eigenvalue weighted by atomic mass is 9.99. The number of amides is 2. The maximum Gasteiger partial charge on any atom is 0.231 e. The first-order valence-corrected chi connectivity index (χ1v) is 11.7. The van der Waals surface area contributed by atoms with Crippen molar-refractivity contribution in [3.05, 3.63) is 34.8 Å². The van der Waals surface area contributed by atoms with Gasteiger partial charge < -0.3 is 15.0 Å². The number of likely N-dealkylation sites (tertiary alicyclic amines) is 1. The van der Waals surface area contributed by atoms with Gasteiger partial charge in [-0.15, -0.1) is 11.3 Å². The van der Waals surface area contributed by atoms with Crippen molar-refractivity contribution < 1.29 is 14.3 Å². The van der Waals surface area contributed by atoms with E-state index in [-0.39, 0.29) is 18.2 Å². The van der Waals surface area contributed by atoms with Gasteiger partial charge in [0, 0.05) is 24.9 Å². The van der Waals surface area contributed by atoms with Gasteiger partial charge in [0.15, 0.2) is 5.13 Å². The van der Waals surface area contributed by atoms with Crippen LogP contribution in [0.15, 0.2) is 23.6 Å². The first kappa shape index (κ1) is 21.8. The molecular weight excluding hydrogens is 412 g/mol. The Morgan fingerprint density at radius 3 is 2.84 bits per heavy atom. The molecule has 31 heavy (non-hydrogen) atoms. The van der Waals surface area contributed by atoms with Crippen LogP contribution in [0.1, 0.15) is 37.4 Å². The number of aromatic nitrogens is 1. The molecular formula is C23H30N4O3S. The molecule has 0 bridgehead atoms. The van der Waals surface area contributed by atoms with Crippen LogP contribution in [0.2, 0.25) is 0 Å². The van der Waals surface area contributed by atoms with Crippen LogP contribution in [0, 0.1) is 18.8 Å². The van der Waals surface area contributed by atoms with Crippen molar-refractivity contribution in [3.8, 4) is 5.75 Å². The average Bonchev–Trinajstić information content (AvgIpc) is 3.36. The van der Waals surface area contributed by atoms with Crippen molar-refractivity contribution in [1.82, 2.24) is 9.88 Å². The summed E-state index contributed by atoms with van der Waals surface area (Å²) < 4.78 is 5.42. The highest BCUT2D eigenvalue weighted by Crippen LogP contribution is 2.34. The number of anilines is 2. The maximum atomic E-state index is 12.8. The average molecular weight is 443 g/mol. The molecule has 2 saturated heterocycles. The standard InChI is InChI=1S/C23H30N4O3S/c1-15-6-8-26(9-7-15)13-18-14-31-23(24-18)25-22(29)17-11-21(28)27(12-17)19-10-16(2)4-5-20(19)30-3/h4-5,10,14-15,17H,6-9,11-13H2,1-3H3,(H,24,25,29). The zero-order valence-electron chi connectivity index (χ0n) is 18.4. The number of hydrogen-bond donors (Lipinski definition) is 1. The summed E-state index contributed by atoms with van der Waals surface area (Å²) in [6.45, 7) is 7.64. The summed E-state index contributed by atoms with van der Waals surface area (Å²) in [6, 6.07) is 5.72. The van der Waals surface area contributed by atoms with Crippen molar-refractivity contribution in [3.63, 3.8) is 0 Å². The minimum Gasteiger partial charge on any atom is -0.495 e. The monoisotopic (exact) mass is 442 g/mol. The molecule has 1 unspecified atom stereocenters. The molecule has 1 N–H and O–H groups in total. The van der Waals surface area contributed by atoms with Crippen LogP contribution < -0.4 is 15.0 Å². The second kappa shape index (κ2) is 9.36. The van der Waals surface area contributed by atoms with E-state index < -0.39 is 5.92 Å². The van der Waals surface area contributed by atoms with Crippen LogP contribution in [-0.4, -0.2) is 48.4 Å². The van der Waals surface area contributed by atoms with Gasteiger partial charge in [0.05, 0.1) is 24.4 Å². The fraction of sp³-hybridized carbons (Fsp3) is 0.522. The lowest BCUT2D eigenvalue weighted by Crippen LogP contribution is -2.32. The second-order valence-corrected chi connectivity index (χ2v) is 9.53. The van der Waals surface area contributed by atoms with Gasteiger partial charge in [0.25, 0.3) is 0 Å². The normalized spacial score (nSPS) is 20.3. The summed E-state index contributed by atoms with van der Waals surface area (Å²) in [5.41, 5.74) is 2.74. The molecule has 2 aliphatic heterocycles. The van der Waals surface area contributed by atoms with Gasteiger partial charge in [-0.25, -0.2) is 4.98 Å². The van der Waals surface area contributed by atoms with E-state index in [4.69, 9.17) is 4.74 Å². The minimum absolute atomic E-state index is 0.0665. The van der Waals surface area contributed by atoms with Gasteiger partial charge in [0.2, 0.25) is 11.8 Å². The van der Waals surface area contributed by atoms with Crippen molar-refractivity contribution in [1.29, 1.82) is 0 Å². The predicted octanol–water partition coefficient (Wildman–Crippen LogP) is 3.68. The number of ether oxygens (including phenoxy) is 1. The molecule has 2 aromatic rings. The molecule has 166 valence electrons. The molecule has 0 spiro atoms. The van der Waals surface area contributed by atoms with Crippen LogP contribution in [0.3, 0.4) is 0 Å². The maximum absolute atomic E-state index is 12.8. The van der Waals surface area contributed by atoms with Gasteiger partial charge in [-0.05, 0) is 56.5 Å². The Hall–Kier alpha value is -2.45. The molecule has 2 fully saturated rings. The summed E-state index contributed by atoms with van der Waals surface area (Å²) in [6.07, 6.45) is 2.64. The molecule has 7 nitrogen and oxygen atoms in total. The summed E-state index contributed by atoms with van der Waals surface area (Å²) >= 11 is 1.44. The van der Waals surface area contributed by atoms with Gasteiger partial charge >= 0.3 is 0 Å². The van der Waals surface area contributed by atoms with Gasteiger partial charge in [-0.3, -0.25) is 14.5 Å². The molecule has 0 radical (unpaired) electrons. The van der Waals surface area contributed by atoms with Gasteiger partial charge in [-0.1, -0.05) is 13.0 Å². The number of thiazole rings is 1. The Kier molecular flexibility index (Phi) is 6.57. The van der Waals surface area contributed by atoms with Crippen LogP contribution in [0.25, 0.3) is 0 Å². The second-order valence-electron chi connectivity index (χ2n) is 8.67. The number of hydrogen-bond acceptors (Lipinski definition) is 6. The zero-order chi connectivity index (χ0) is 22.0. The van der Waals surface area contributed by atoms with E-state index in [1.54, 1.807) is 12.0 Å². The fourth-order valence-corrected chi connectivity index (χ4v) is 4.93. The Labute approximate surface area is 187 Å². The largest absolute Gasteiger partial charge is 0.495 e. The smallest absolute Gasteiger partial charge is 0.231 e. The topological polar surface area (TPSA) is 74.8 Å². The quantitative estimate of drug-likeness (QED) is 0.739. The van der Waals surface area contributed by atoms with Crippen molar-refractivity contribution in [2.24, 2.45) is 11.8 Å². The number of methoxy groups -OCH3 is 1. The number of carbonyl (C=O) groups is 2. The molecule has 1 aromatic heterocycles. The SMILES string of the molecule is COc1ccc(C)cc1N1CC(C(=O)Nc2nc(CN3CCC(C)CC3)cs2)CC1=O. The lowest BCUT2D eigenvalue weighted by molar-refractivity contribution is -0.122. The molecule has 2 amide bonds. The number of rotatable bonds is 6. The molecule has 1 atom stereocenters. The van der Waals surface area contributed by atoms with Crippen LogP contribution >= 0.6 is 11.3 Å². The molecule has 1 aromatic carbocycles. The zero-order valence-corrected chi connectivity index (χ0v) is 19.2. The summed E-state index contributed by atoms with van der Waals surface area (Å²) in [5, 5.41) is 5.53. The van der Waals surface area contributed by atoms with Crippen LogP contribution in [0.4, 0.5) is 10.8 Å². The predicted molar refractivity (Wildman–Crippen MR) is 123 cm³/mol. The number of piperidine rings is 1. The van der Waals surface area contributed by atoms with Gasteiger partial charge in [0.1, 0.15) is 5.75 Å². The highest BCUT2D eigenvalue weighted by Gasteiger charge is 2.36. The third-order valence-corrected chi connectivity index (χ3v) is 6.97. The van der Waals surface area contributed by atoms with Crippen molar-refractivity contribution >= 4 is 34.0 Å². The molecule has 4 rings (SSSR count). The van der Waals surface area contributed by atoms with E-state index >= 15 is 0 Å². The van der Waals surface area contributed by atoms with E-state index in [0.29, 0.717) is 17.4 Å². The number of carbonyl (C=O) groups excluding carboxylic acids is 2. The van der Waals surface area contributed by atoms with Crippen LogP contribution in [0.5, 0.6) is 5.75 Å².